The Morgan fingerprint density at radius 1 is 1.11 bits per heavy atom. The molecule has 1 saturated carbocycles. The van der Waals surface area contributed by atoms with Gasteiger partial charge in [0, 0.05) is 10.9 Å². The van der Waals surface area contributed by atoms with Crippen molar-refractivity contribution in [2.24, 2.45) is 17.8 Å². The number of hydrogen-bond donors (Lipinski definition) is 3. The second kappa shape index (κ2) is 7.70. The normalized spacial score (nSPS) is 26.4. The number of fused-ring (bicyclic) bond motifs is 1. The summed E-state index contributed by atoms with van der Waals surface area (Å²) in [5.74, 6) is -2.13. The molecule has 0 unspecified atom stereocenters. The molecule has 0 aliphatic heterocycles. The molecule has 0 bridgehead atoms. The van der Waals surface area contributed by atoms with Gasteiger partial charge in [-0.25, -0.2) is 0 Å². The van der Waals surface area contributed by atoms with Crippen LogP contribution in [0.2, 0.25) is 0 Å². The van der Waals surface area contributed by atoms with Gasteiger partial charge in [-0.3, -0.25) is 14.4 Å². The largest absolute Gasteiger partial charge is 0.481 e. The highest BCUT2D eigenvalue weighted by atomic mass is 32.1. The van der Waals surface area contributed by atoms with Gasteiger partial charge in [0.05, 0.1) is 17.4 Å². The maximum atomic E-state index is 12.9. The zero-order valence-electron chi connectivity index (χ0n) is 16.0. The van der Waals surface area contributed by atoms with Crippen LogP contribution in [0.25, 0.3) is 0 Å². The lowest BCUT2D eigenvalue weighted by atomic mass is 9.82. The third-order valence-electron chi connectivity index (χ3n) is 5.97. The highest BCUT2D eigenvalue weighted by Crippen LogP contribution is 2.40. The topological polar surface area (TPSA) is 95.5 Å². The van der Waals surface area contributed by atoms with E-state index in [1.54, 1.807) is 0 Å². The lowest BCUT2D eigenvalue weighted by Crippen LogP contribution is -2.35. The zero-order valence-corrected chi connectivity index (χ0v) is 16.8. The Kier molecular flexibility index (Phi) is 5.27. The Balaban J connectivity index is 1.61. The van der Waals surface area contributed by atoms with Crippen LogP contribution in [0.1, 0.15) is 59.8 Å². The molecule has 1 fully saturated rings. The predicted octanol–water partition coefficient (Wildman–Crippen LogP) is 3.37. The van der Waals surface area contributed by atoms with Crippen LogP contribution in [0.3, 0.4) is 0 Å². The molecule has 150 valence electrons. The first kappa shape index (κ1) is 19.2. The van der Waals surface area contributed by atoms with Gasteiger partial charge in [0.1, 0.15) is 5.00 Å². The van der Waals surface area contributed by atoms with Crippen LogP contribution >= 0.6 is 11.3 Å². The van der Waals surface area contributed by atoms with Crippen molar-refractivity contribution < 1.29 is 19.5 Å². The second-order valence-electron chi connectivity index (χ2n) is 8.29. The van der Waals surface area contributed by atoms with Crippen molar-refractivity contribution in [3.8, 4) is 0 Å². The lowest BCUT2D eigenvalue weighted by Gasteiger charge is -2.24. The summed E-state index contributed by atoms with van der Waals surface area (Å²) in [7, 11) is 0. The third kappa shape index (κ3) is 3.85. The number of nitrogens with one attached hydrogen (secondary N) is 2. The van der Waals surface area contributed by atoms with E-state index in [4.69, 9.17) is 0 Å². The highest BCUT2D eigenvalue weighted by Gasteiger charge is 2.36. The molecule has 0 spiro atoms. The summed E-state index contributed by atoms with van der Waals surface area (Å²) < 4.78 is 0. The van der Waals surface area contributed by atoms with Crippen LogP contribution in [0.15, 0.2) is 12.2 Å². The Morgan fingerprint density at radius 3 is 2.50 bits per heavy atom. The van der Waals surface area contributed by atoms with Gasteiger partial charge in [-0.05, 0) is 56.4 Å². The van der Waals surface area contributed by atoms with Crippen molar-refractivity contribution in [3.63, 3.8) is 0 Å². The van der Waals surface area contributed by atoms with E-state index in [1.807, 2.05) is 12.2 Å². The van der Waals surface area contributed by atoms with Crippen molar-refractivity contribution in [2.75, 3.05) is 5.32 Å². The van der Waals surface area contributed by atoms with Crippen LogP contribution in [0, 0.1) is 17.8 Å². The molecule has 1 aromatic heterocycles. The minimum absolute atomic E-state index is 0.108. The summed E-state index contributed by atoms with van der Waals surface area (Å²) in [6.07, 6.45) is 9.28. The number of aliphatic carboxylic acids is 1. The summed E-state index contributed by atoms with van der Waals surface area (Å²) in [6.45, 7) is 2.21. The van der Waals surface area contributed by atoms with Crippen molar-refractivity contribution in [1.29, 1.82) is 0 Å². The van der Waals surface area contributed by atoms with E-state index in [0.29, 0.717) is 29.3 Å². The monoisotopic (exact) mass is 402 g/mol. The minimum Gasteiger partial charge on any atom is -0.481 e. The molecule has 2 amide bonds. The maximum Gasteiger partial charge on any atom is 0.307 e. The molecule has 0 saturated heterocycles. The second-order valence-corrected chi connectivity index (χ2v) is 9.39. The van der Waals surface area contributed by atoms with Crippen LogP contribution in [-0.2, 0) is 22.4 Å². The molecule has 3 aliphatic rings. The first-order valence-corrected chi connectivity index (χ1v) is 10.9. The lowest BCUT2D eigenvalue weighted by molar-refractivity contribution is -0.146. The van der Waals surface area contributed by atoms with E-state index in [2.05, 4.69) is 17.6 Å². The van der Waals surface area contributed by atoms with E-state index in [9.17, 15) is 19.5 Å². The van der Waals surface area contributed by atoms with Crippen molar-refractivity contribution in [1.82, 2.24) is 5.32 Å². The number of rotatable bonds is 5. The molecule has 0 radical (unpaired) electrons. The fraction of sp³-hybridized carbons (Fsp3) is 0.571. The smallest absolute Gasteiger partial charge is 0.307 e. The number of amides is 2. The van der Waals surface area contributed by atoms with E-state index in [1.165, 1.54) is 16.2 Å². The predicted molar refractivity (Wildman–Crippen MR) is 108 cm³/mol. The highest BCUT2D eigenvalue weighted by molar-refractivity contribution is 7.17. The van der Waals surface area contributed by atoms with Gasteiger partial charge in [-0.1, -0.05) is 19.1 Å². The summed E-state index contributed by atoms with van der Waals surface area (Å²) in [6, 6.07) is 0.244. The van der Waals surface area contributed by atoms with E-state index in [0.717, 1.165) is 37.7 Å². The van der Waals surface area contributed by atoms with Crippen molar-refractivity contribution in [3.05, 3.63) is 28.2 Å². The molecule has 3 N–H and O–H groups in total. The van der Waals surface area contributed by atoms with Gasteiger partial charge in [0.15, 0.2) is 0 Å². The summed E-state index contributed by atoms with van der Waals surface area (Å²) >= 11 is 1.49. The molecule has 1 aromatic rings. The van der Waals surface area contributed by atoms with E-state index < -0.39 is 17.8 Å². The molecule has 3 atom stereocenters. The number of carbonyl (C=O) groups is 3. The molecule has 4 rings (SSSR count). The molecule has 3 aliphatic carbocycles. The van der Waals surface area contributed by atoms with Crippen LogP contribution in [0.5, 0.6) is 0 Å². The Morgan fingerprint density at radius 2 is 1.82 bits per heavy atom. The molecular formula is C21H26N2O4S. The third-order valence-corrected chi connectivity index (χ3v) is 7.14. The minimum atomic E-state index is -0.949. The van der Waals surface area contributed by atoms with Crippen LogP contribution in [0.4, 0.5) is 5.00 Å². The Labute approximate surface area is 168 Å². The van der Waals surface area contributed by atoms with Gasteiger partial charge in [-0.2, -0.15) is 0 Å². The summed E-state index contributed by atoms with van der Waals surface area (Å²) in [4.78, 5) is 38.6. The first-order chi connectivity index (χ1) is 13.4. The molecule has 1 heterocycles. The number of carbonyl (C=O) groups excluding carboxylic acids is 2. The molecule has 0 aromatic carbocycles. The van der Waals surface area contributed by atoms with E-state index >= 15 is 0 Å². The molecule has 7 heteroatoms. The number of anilines is 1. The van der Waals surface area contributed by atoms with Gasteiger partial charge in [0.2, 0.25) is 5.91 Å². The zero-order chi connectivity index (χ0) is 19.8. The van der Waals surface area contributed by atoms with Crippen molar-refractivity contribution >= 4 is 34.1 Å². The van der Waals surface area contributed by atoms with Gasteiger partial charge in [-0.15, -0.1) is 11.3 Å². The average Bonchev–Trinajstić information content (AvgIpc) is 3.40. The average molecular weight is 403 g/mol. The molecule has 28 heavy (non-hydrogen) atoms. The molecule has 6 nitrogen and oxygen atoms in total. The standard InChI is InChI=1S/C21H26N2O4S/c1-11-6-9-15-16(10-11)28-20(17(15)19(25)22-12-7-8-12)23-18(24)13-4-2-3-5-14(13)21(26)27/h2-3,11-14H,4-10H2,1H3,(H,22,25)(H,23,24)(H,26,27)/t11-,13-,14-/m1/s1. The fourth-order valence-corrected chi connectivity index (χ4v) is 5.56. The maximum absolute atomic E-state index is 12.9. The Hall–Kier alpha value is -2.15. The number of carboxylic acids is 1. The Bertz CT molecular complexity index is 840. The quantitative estimate of drug-likeness (QED) is 0.658. The number of allylic oxidation sites excluding steroid dienone is 2. The molecular weight excluding hydrogens is 376 g/mol. The van der Waals surface area contributed by atoms with E-state index in [-0.39, 0.29) is 17.9 Å². The van der Waals surface area contributed by atoms with Gasteiger partial charge >= 0.3 is 5.97 Å². The SMILES string of the molecule is C[C@@H]1CCc2c(sc(NC(=O)[C@@H]3CC=CC[C@H]3C(=O)O)c2C(=O)NC2CC2)C1. The summed E-state index contributed by atoms with van der Waals surface area (Å²) in [5, 5.41) is 16.0. The van der Waals surface area contributed by atoms with Crippen LogP contribution in [-0.4, -0.2) is 28.9 Å². The first-order valence-electron chi connectivity index (χ1n) is 10.1. The number of carboxylic acid groups (broad SMARTS) is 1. The van der Waals surface area contributed by atoms with Crippen LogP contribution < -0.4 is 10.6 Å². The summed E-state index contributed by atoms with van der Waals surface area (Å²) in [5.41, 5.74) is 1.67. The van der Waals surface area contributed by atoms with Gasteiger partial charge < -0.3 is 15.7 Å². The number of hydrogen-bond acceptors (Lipinski definition) is 4. The van der Waals surface area contributed by atoms with Crippen molar-refractivity contribution in [2.45, 2.75) is 57.9 Å². The fourth-order valence-electron chi connectivity index (χ4n) is 4.15. The van der Waals surface area contributed by atoms with Gasteiger partial charge in [0.25, 0.3) is 5.91 Å². The number of thiophene rings is 1.